The van der Waals surface area contributed by atoms with E-state index in [4.69, 9.17) is 0 Å². The Hall–Kier alpha value is -1.88. The van der Waals surface area contributed by atoms with Crippen LogP contribution in [0.1, 0.15) is 69.8 Å². The molecule has 0 radical (unpaired) electrons. The number of aliphatic carboxylic acids is 1. The predicted molar refractivity (Wildman–Crippen MR) is 110 cm³/mol. The number of carbonyl (C=O) groups excluding carboxylic acids is 1. The normalized spacial score (nSPS) is 23.3. The molecule has 1 aromatic carbocycles. The summed E-state index contributed by atoms with van der Waals surface area (Å²) in [5, 5.41) is 9.60. The van der Waals surface area contributed by atoms with Crippen LogP contribution in [0.2, 0.25) is 0 Å². The molecule has 5 heteroatoms. The molecule has 0 aromatic heterocycles. The molecular formula is C23H32N2O3. The zero-order valence-electron chi connectivity index (χ0n) is 16.9. The van der Waals surface area contributed by atoms with Gasteiger partial charge in [-0.05, 0) is 62.1 Å². The lowest BCUT2D eigenvalue weighted by molar-refractivity contribution is -0.145. The van der Waals surface area contributed by atoms with Crippen LogP contribution >= 0.6 is 0 Å². The molecule has 1 atom stereocenters. The predicted octanol–water partition coefficient (Wildman–Crippen LogP) is 4.03. The van der Waals surface area contributed by atoms with E-state index < -0.39 is 12.0 Å². The van der Waals surface area contributed by atoms with Gasteiger partial charge in [-0.1, -0.05) is 31.9 Å². The molecule has 0 unspecified atom stereocenters. The third kappa shape index (κ3) is 3.69. The van der Waals surface area contributed by atoms with E-state index in [9.17, 15) is 14.7 Å². The van der Waals surface area contributed by atoms with E-state index in [2.05, 4.69) is 36.1 Å². The summed E-state index contributed by atoms with van der Waals surface area (Å²) in [5.74, 6) is 0.250. The standard InChI is InChI=1S/C23H32N2O3/c1-2-3-4-20(21(26)27)24-14-11-23(12-15-24)13-16-25(22(23)28)19-9-7-18(8-10-19)17-5-6-17/h7-10,17,20H,2-6,11-16H2,1H3,(H,26,27)/t20-/m0/s1. The molecule has 3 fully saturated rings. The van der Waals surface area contributed by atoms with Gasteiger partial charge >= 0.3 is 5.97 Å². The van der Waals surface area contributed by atoms with Gasteiger partial charge in [0.15, 0.2) is 0 Å². The molecule has 28 heavy (non-hydrogen) atoms. The van der Waals surface area contributed by atoms with E-state index in [0.717, 1.165) is 50.3 Å². The van der Waals surface area contributed by atoms with Gasteiger partial charge in [-0.2, -0.15) is 0 Å². The van der Waals surface area contributed by atoms with Gasteiger partial charge in [0.1, 0.15) is 6.04 Å². The molecule has 0 bridgehead atoms. The maximum Gasteiger partial charge on any atom is 0.320 e. The van der Waals surface area contributed by atoms with Crippen molar-refractivity contribution in [2.45, 2.75) is 70.3 Å². The van der Waals surface area contributed by atoms with Crippen LogP contribution in [-0.2, 0) is 9.59 Å². The summed E-state index contributed by atoms with van der Waals surface area (Å²) in [5.41, 5.74) is 2.12. The van der Waals surface area contributed by atoms with E-state index in [-0.39, 0.29) is 11.3 Å². The molecular weight excluding hydrogens is 352 g/mol. The fourth-order valence-electron chi connectivity index (χ4n) is 5.00. The molecule has 3 aliphatic rings. The van der Waals surface area contributed by atoms with E-state index in [0.29, 0.717) is 19.5 Å². The average Bonchev–Trinajstić information content (AvgIpc) is 3.50. The highest BCUT2D eigenvalue weighted by atomic mass is 16.4. The third-order valence-electron chi connectivity index (χ3n) is 7.08. The van der Waals surface area contributed by atoms with Crippen LogP contribution in [0.25, 0.3) is 0 Å². The van der Waals surface area contributed by atoms with E-state index in [1.807, 2.05) is 4.90 Å². The van der Waals surface area contributed by atoms with Crippen molar-refractivity contribution in [2.75, 3.05) is 24.5 Å². The zero-order valence-corrected chi connectivity index (χ0v) is 16.9. The summed E-state index contributed by atoms with van der Waals surface area (Å²) in [7, 11) is 0. The van der Waals surface area contributed by atoms with Gasteiger partial charge in [0, 0.05) is 25.3 Å². The molecule has 1 N–H and O–H groups in total. The Balaban J connectivity index is 1.40. The topological polar surface area (TPSA) is 60.9 Å². The summed E-state index contributed by atoms with van der Waals surface area (Å²) in [6.45, 7) is 4.29. The maximum absolute atomic E-state index is 13.3. The number of hydrogen-bond acceptors (Lipinski definition) is 3. The number of carbonyl (C=O) groups is 2. The molecule has 1 aliphatic carbocycles. The van der Waals surface area contributed by atoms with Crippen LogP contribution in [0.15, 0.2) is 24.3 Å². The van der Waals surface area contributed by atoms with Gasteiger partial charge in [0.05, 0.1) is 5.41 Å². The molecule has 2 heterocycles. The molecule has 1 saturated carbocycles. The highest BCUT2D eigenvalue weighted by molar-refractivity contribution is 6.00. The lowest BCUT2D eigenvalue weighted by Crippen LogP contribution is -2.50. The van der Waals surface area contributed by atoms with Crippen LogP contribution in [0.3, 0.4) is 0 Å². The van der Waals surface area contributed by atoms with Crippen molar-refractivity contribution in [3.8, 4) is 0 Å². The minimum absolute atomic E-state index is 0.242. The van der Waals surface area contributed by atoms with Crippen LogP contribution < -0.4 is 4.90 Å². The average molecular weight is 385 g/mol. The van der Waals surface area contributed by atoms with Crippen molar-refractivity contribution in [1.29, 1.82) is 0 Å². The van der Waals surface area contributed by atoms with E-state index in [1.165, 1.54) is 18.4 Å². The number of unbranched alkanes of at least 4 members (excludes halogenated alkanes) is 1. The summed E-state index contributed by atoms with van der Waals surface area (Å²) < 4.78 is 0. The highest BCUT2D eigenvalue weighted by Crippen LogP contribution is 2.44. The number of likely N-dealkylation sites (tertiary alicyclic amines) is 1. The minimum Gasteiger partial charge on any atom is -0.480 e. The number of amides is 1. The largest absolute Gasteiger partial charge is 0.480 e. The Labute approximate surface area is 167 Å². The first kappa shape index (κ1) is 19.4. The molecule has 152 valence electrons. The fraction of sp³-hybridized carbons (Fsp3) is 0.652. The number of carboxylic acid groups (broad SMARTS) is 1. The maximum atomic E-state index is 13.3. The van der Waals surface area contributed by atoms with Crippen LogP contribution in [0, 0.1) is 5.41 Å². The van der Waals surface area contributed by atoms with Crippen LogP contribution in [0.4, 0.5) is 5.69 Å². The van der Waals surface area contributed by atoms with Gasteiger partial charge < -0.3 is 10.0 Å². The monoisotopic (exact) mass is 384 g/mol. The molecule has 1 aromatic rings. The molecule has 4 rings (SSSR count). The van der Waals surface area contributed by atoms with Gasteiger partial charge in [0.2, 0.25) is 5.91 Å². The molecule has 1 spiro atoms. The number of piperidine rings is 1. The Morgan fingerprint density at radius 3 is 2.36 bits per heavy atom. The number of carboxylic acids is 1. The van der Waals surface area contributed by atoms with Crippen molar-refractivity contribution in [1.82, 2.24) is 4.90 Å². The molecule has 1 amide bonds. The summed E-state index contributed by atoms with van der Waals surface area (Å²) in [4.78, 5) is 29.0. The van der Waals surface area contributed by atoms with Crippen molar-refractivity contribution in [3.05, 3.63) is 29.8 Å². The second-order valence-electron chi connectivity index (χ2n) is 8.89. The van der Waals surface area contributed by atoms with Crippen molar-refractivity contribution >= 4 is 17.6 Å². The van der Waals surface area contributed by atoms with Crippen molar-refractivity contribution < 1.29 is 14.7 Å². The van der Waals surface area contributed by atoms with E-state index >= 15 is 0 Å². The van der Waals surface area contributed by atoms with Crippen molar-refractivity contribution in [3.63, 3.8) is 0 Å². The van der Waals surface area contributed by atoms with Gasteiger partial charge in [0.25, 0.3) is 0 Å². The first-order valence-electron chi connectivity index (χ1n) is 10.9. The number of rotatable bonds is 7. The first-order chi connectivity index (χ1) is 13.5. The Morgan fingerprint density at radius 2 is 1.79 bits per heavy atom. The number of benzene rings is 1. The molecule has 2 saturated heterocycles. The molecule has 2 aliphatic heterocycles. The highest BCUT2D eigenvalue weighted by Gasteiger charge is 2.49. The van der Waals surface area contributed by atoms with Gasteiger partial charge in [-0.25, -0.2) is 0 Å². The second-order valence-corrected chi connectivity index (χ2v) is 8.89. The number of hydrogen-bond donors (Lipinski definition) is 1. The lowest BCUT2D eigenvalue weighted by Gasteiger charge is -2.40. The summed E-state index contributed by atoms with van der Waals surface area (Å²) in [6, 6.07) is 8.16. The third-order valence-corrected chi connectivity index (χ3v) is 7.08. The number of anilines is 1. The van der Waals surface area contributed by atoms with E-state index in [1.54, 1.807) is 0 Å². The Kier molecular flexibility index (Phi) is 5.46. The van der Waals surface area contributed by atoms with Gasteiger partial charge in [-0.3, -0.25) is 14.5 Å². The summed E-state index contributed by atoms with van der Waals surface area (Å²) in [6.07, 6.45) is 7.66. The minimum atomic E-state index is -0.723. The van der Waals surface area contributed by atoms with Crippen LogP contribution in [0.5, 0.6) is 0 Å². The second kappa shape index (κ2) is 7.86. The number of nitrogens with zero attached hydrogens (tertiary/aromatic N) is 2. The fourth-order valence-corrected chi connectivity index (χ4v) is 5.00. The molecule has 5 nitrogen and oxygen atoms in total. The quantitative estimate of drug-likeness (QED) is 0.771. The smallest absolute Gasteiger partial charge is 0.320 e. The first-order valence-corrected chi connectivity index (χ1v) is 10.9. The SMILES string of the molecule is CCCC[C@@H](C(=O)O)N1CCC2(CCN(c3ccc(C4CC4)cc3)C2=O)CC1. The van der Waals surface area contributed by atoms with Crippen LogP contribution in [-0.4, -0.2) is 47.6 Å². The summed E-state index contributed by atoms with van der Waals surface area (Å²) >= 11 is 0. The van der Waals surface area contributed by atoms with Crippen molar-refractivity contribution in [2.24, 2.45) is 5.41 Å². The Bertz CT molecular complexity index is 718. The van der Waals surface area contributed by atoms with Gasteiger partial charge in [-0.15, -0.1) is 0 Å². The lowest BCUT2D eigenvalue weighted by atomic mass is 9.76. The zero-order chi connectivity index (χ0) is 19.7. The Morgan fingerprint density at radius 1 is 1.14 bits per heavy atom.